The molecule has 3 aromatic rings. The molecule has 0 aliphatic heterocycles. The largest absolute Gasteiger partial charge is 0.459 e. The molecule has 1 aromatic heterocycles. The second kappa shape index (κ2) is 9.41. The van der Waals surface area contributed by atoms with Gasteiger partial charge in [-0.3, -0.25) is 0 Å². The summed E-state index contributed by atoms with van der Waals surface area (Å²) in [6.45, 7) is 3.39. The number of aromatic nitrogens is 2. The van der Waals surface area contributed by atoms with Crippen LogP contribution in [0.3, 0.4) is 0 Å². The first-order valence-corrected chi connectivity index (χ1v) is 11.9. The van der Waals surface area contributed by atoms with E-state index in [2.05, 4.69) is 9.68 Å². The van der Waals surface area contributed by atoms with Crippen LogP contribution in [-0.4, -0.2) is 35.5 Å². The minimum Gasteiger partial charge on any atom is -0.459 e. The van der Waals surface area contributed by atoms with Gasteiger partial charge in [0, 0.05) is 27.1 Å². The van der Waals surface area contributed by atoms with Crippen LogP contribution in [0.4, 0.5) is 0 Å². The van der Waals surface area contributed by atoms with Crippen molar-refractivity contribution in [3.63, 3.8) is 0 Å². The quantitative estimate of drug-likeness (QED) is 0.282. The van der Waals surface area contributed by atoms with Gasteiger partial charge in [0.1, 0.15) is 6.61 Å². The summed E-state index contributed by atoms with van der Waals surface area (Å²) in [4.78, 5) is 23.1. The minimum atomic E-state index is -3.85. The van der Waals surface area contributed by atoms with Gasteiger partial charge in [0.15, 0.2) is 5.69 Å². The molecule has 0 unspecified atom stereocenters. The van der Waals surface area contributed by atoms with Crippen LogP contribution >= 0.6 is 23.5 Å². The molecule has 0 saturated heterocycles. The molecule has 2 N–H and O–H groups in total. The van der Waals surface area contributed by atoms with Crippen molar-refractivity contribution in [2.75, 3.05) is 6.61 Å². The normalized spacial score (nSPS) is 11.9. The predicted molar refractivity (Wildman–Crippen MR) is 123 cm³/mol. The molecule has 12 heteroatoms. The Labute approximate surface area is 194 Å². The first-order chi connectivity index (χ1) is 15.0. The number of ether oxygens (including phenoxy) is 1. The number of esters is 1. The second-order valence-corrected chi connectivity index (χ2v) is 10.8. The Morgan fingerprint density at radius 3 is 2.38 bits per heavy atom. The third-order valence-corrected chi connectivity index (χ3v) is 6.17. The number of nitrogens with two attached hydrogens (primary N) is 1. The lowest BCUT2D eigenvalue weighted by Crippen LogP contribution is -2.24. The maximum absolute atomic E-state index is 12.6. The summed E-state index contributed by atoms with van der Waals surface area (Å²) in [5, 5.41) is 10.1. The van der Waals surface area contributed by atoms with Gasteiger partial charge in [-0.2, -0.15) is 5.10 Å². The molecule has 168 valence electrons. The molecule has 0 atom stereocenters. The van der Waals surface area contributed by atoms with Gasteiger partial charge in [0.25, 0.3) is 0 Å². The van der Waals surface area contributed by atoms with Crippen molar-refractivity contribution < 1.29 is 17.9 Å². The summed E-state index contributed by atoms with van der Waals surface area (Å²) in [6.07, 6.45) is 0. The van der Waals surface area contributed by atoms with E-state index in [0.29, 0.717) is 16.4 Å². The molecule has 1 heterocycles. The average molecular weight is 495 g/mol. The number of primary sulfonamides is 1. The monoisotopic (exact) mass is 494 g/mol. The number of nitrogens with zero attached hydrogens (tertiary/aromatic N) is 3. The molecule has 0 spiro atoms. The molecule has 0 aliphatic rings. The molecule has 0 saturated carbocycles. The smallest absolute Gasteiger partial charge is 0.358 e. The molecular weight excluding hydrogens is 476 g/mol. The fraction of sp³-hybridized carbons (Fsp3) is 0.200. The van der Waals surface area contributed by atoms with Crippen molar-refractivity contribution in [2.24, 2.45) is 9.72 Å². The number of carbonyl (C=O) groups is 1. The van der Waals surface area contributed by atoms with Crippen LogP contribution in [0.25, 0.3) is 16.9 Å². The molecule has 2 aromatic carbocycles. The number of halogens is 1. The molecule has 32 heavy (non-hydrogen) atoms. The number of hydrogen-bond acceptors (Lipinski definition) is 8. The maximum atomic E-state index is 12.6. The lowest BCUT2D eigenvalue weighted by molar-refractivity contribution is 0.0470. The lowest BCUT2D eigenvalue weighted by Gasteiger charge is -2.18. The number of hydrogen-bond donors (Lipinski definition) is 1. The van der Waals surface area contributed by atoms with E-state index in [1.165, 1.54) is 28.9 Å². The predicted octanol–water partition coefficient (Wildman–Crippen LogP) is 4.19. The Bertz CT molecular complexity index is 1240. The van der Waals surface area contributed by atoms with E-state index in [4.69, 9.17) is 21.5 Å². The van der Waals surface area contributed by atoms with Crippen molar-refractivity contribution in [1.29, 1.82) is 0 Å². The van der Waals surface area contributed by atoms with E-state index in [1.807, 2.05) is 0 Å². The number of nitroso groups, excluding NO2 is 1. The second-order valence-electron chi connectivity index (χ2n) is 7.37. The number of sulfonamides is 1. The molecule has 0 fully saturated rings. The maximum Gasteiger partial charge on any atom is 0.358 e. The molecule has 3 rings (SSSR count). The van der Waals surface area contributed by atoms with Gasteiger partial charge in [-0.1, -0.05) is 23.7 Å². The fourth-order valence-electron chi connectivity index (χ4n) is 2.72. The van der Waals surface area contributed by atoms with Gasteiger partial charge < -0.3 is 4.74 Å². The zero-order valence-corrected chi connectivity index (χ0v) is 19.4. The van der Waals surface area contributed by atoms with Gasteiger partial charge in [-0.15, -0.1) is 4.91 Å². The van der Waals surface area contributed by atoms with E-state index in [-0.39, 0.29) is 17.2 Å². The van der Waals surface area contributed by atoms with Gasteiger partial charge in [-0.25, -0.2) is 23.0 Å². The van der Waals surface area contributed by atoms with Gasteiger partial charge in [-0.05, 0) is 56.3 Å². The van der Waals surface area contributed by atoms with E-state index in [0.717, 1.165) is 17.5 Å². The van der Waals surface area contributed by atoms with Crippen molar-refractivity contribution in [3.05, 3.63) is 70.2 Å². The van der Waals surface area contributed by atoms with Crippen LogP contribution in [0.5, 0.6) is 0 Å². The zero-order valence-electron chi connectivity index (χ0n) is 17.1. The number of benzene rings is 2. The molecule has 0 amide bonds. The van der Waals surface area contributed by atoms with E-state index in [9.17, 15) is 18.1 Å². The van der Waals surface area contributed by atoms with Crippen molar-refractivity contribution in [2.45, 2.75) is 23.5 Å². The highest BCUT2D eigenvalue weighted by Gasteiger charge is 2.25. The SMILES string of the molecule is CC(C)(COC(=O)c1cc(-c2ccc(Cl)cc2)n(-c2ccc(S(N)(=O)=O)cc2)n1)SN=O. The molecule has 0 aliphatic carbocycles. The molecule has 0 radical (unpaired) electrons. The van der Waals surface area contributed by atoms with Crippen LogP contribution in [0.1, 0.15) is 24.3 Å². The summed E-state index contributed by atoms with van der Waals surface area (Å²) >= 11 is 6.76. The molecule has 0 bridgehead atoms. The third-order valence-electron chi connectivity index (χ3n) is 4.30. The topological polar surface area (TPSA) is 134 Å². The van der Waals surface area contributed by atoms with E-state index in [1.54, 1.807) is 44.2 Å². The Morgan fingerprint density at radius 1 is 1.19 bits per heavy atom. The first-order valence-electron chi connectivity index (χ1n) is 9.17. The molecule has 9 nitrogen and oxygen atoms in total. The third kappa shape index (κ3) is 5.74. The van der Waals surface area contributed by atoms with E-state index >= 15 is 0 Å². The Hall–Kier alpha value is -2.73. The minimum absolute atomic E-state index is 0.0327. The van der Waals surface area contributed by atoms with E-state index < -0.39 is 20.7 Å². The molecular formula is C20H19ClN4O5S2. The average Bonchev–Trinajstić information content (AvgIpc) is 3.17. The zero-order chi connectivity index (χ0) is 23.5. The lowest BCUT2D eigenvalue weighted by atomic mass is 10.1. The van der Waals surface area contributed by atoms with Crippen molar-refractivity contribution >= 4 is 39.5 Å². The van der Waals surface area contributed by atoms with Crippen LogP contribution in [0.15, 0.2) is 64.1 Å². The standard InChI is InChI=1S/C20H19ClN4O5S2/c1-20(2,31-24-27)12-30-19(26)17-11-18(13-3-5-14(21)6-4-13)25(23-17)15-7-9-16(10-8-15)32(22,28)29/h3-11H,12H2,1-2H3,(H2,22,28,29). The van der Waals surface area contributed by atoms with Gasteiger partial charge in [0.2, 0.25) is 10.0 Å². The summed E-state index contributed by atoms with van der Waals surface area (Å²) in [5.41, 5.74) is 1.81. The van der Waals surface area contributed by atoms with Crippen molar-refractivity contribution in [1.82, 2.24) is 9.78 Å². The summed E-state index contributed by atoms with van der Waals surface area (Å²) in [5.74, 6) is -0.681. The fourth-order valence-corrected chi connectivity index (χ4v) is 3.68. The Balaban J connectivity index is 2.00. The van der Waals surface area contributed by atoms with Gasteiger partial charge in [0.05, 0.1) is 21.0 Å². The summed E-state index contributed by atoms with van der Waals surface area (Å²) in [7, 11) is -3.85. The van der Waals surface area contributed by atoms with Crippen LogP contribution < -0.4 is 5.14 Å². The Kier molecular flexibility index (Phi) is 7.03. The van der Waals surface area contributed by atoms with Crippen molar-refractivity contribution in [3.8, 4) is 16.9 Å². The Morgan fingerprint density at radius 2 is 1.81 bits per heavy atom. The highest BCUT2D eigenvalue weighted by molar-refractivity contribution is 7.99. The van der Waals surface area contributed by atoms with Crippen LogP contribution in [0.2, 0.25) is 5.02 Å². The van der Waals surface area contributed by atoms with Crippen LogP contribution in [-0.2, 0) is 14.8 Å². The number of carbonyl (C=O) groups excluding carboxylic acids is 1. The first kappa shape index (κ1) is 23.9. The van der Waals surface area contributed by atoms with Gasteiger partial charge >= 0.3 is 5.97 Å². The highest BCUT2D eigenvalue weighted by atomic mass is 35.5. The highest BCUT2D eigenvalue weighted by Crippen LogP contribution is 2.28. The summed E-state index contributed by atoms with van der Waals surface area (Å²) < 4.78 is 32.0. The van der Waals surface area contributed by atoms with Crippen LogP contribution in [0, 0.1) is 4.91 Å². The number of rotatable bonds is 8. The summed E-state index contributed by atoms with van der Waals surface area (Å²) in [6, 6.07) is 14.2.